The van der Waals surface area contributed by atoms with E-state index in [-0.39, 0.29) is 0 Å². The molecule has 2 heterocycles. The number of hydrogen-bond acceptors (Lipinski definition) is 2. The lowest BCUT2D eigenvalue weighted by Crippen LogP contribution is -2.35. The molecule has 156 valence electrons. The van der Waals surface area contributed by atoms with Crippen molar-refractivity contribution in [1.29, 1.82) is 0 Å². The Hall–Kier alpha value is -1.68. The Bertz CT molecular complexity index is 1010. The van der Waals surface area contributed by atoms with Crippen molar-refractivity contribution >= 4 is 34.3 Å². The number of fused-ring (bicyclic) bond motifs is 3. The molecule has 0 bridgehead atoms. The van der Waals surface area contributed by atoms with Crippen LogP contribution in [0.3, 0.4) is 0 Å². The molecule has 0 fully saturated rings. The molecule has 0 saturated heterocycles. The quantitative estimate of drug-likeness (QED) is 0.669. The van der Waals surface area contributed by atoms with Crippen LogP contribution in [0.1, 0.15) is 38.4 Å². The van der Waals surface area contributed by atoms with E-state index in [4.69, 9.17) is 23.2 Å². The normalized spacial score (nSPS) is 17.9. The van der Waals surface area contributed by atoms with Crippen molar-refractivity contribution in [3.05, 3.63) is 68.5 Å². The fraction of sp³-hybridized carbons (Fsp3) is 0.417. The van der Waals surface area contributed by atoms with Crippen molar-refractivity contribution in [2.75, 3.05) is 19.6 Å². The second-order valence-corrected chi connectivity index (χ2v) is 8.58. The predicted octanol–water partition coefficient (Wildman–Crippen LogP) is 3.85. The molecule has 5 heteroatoms. The summed E-state index contributed by atoms with van der Waals surface area (Å²) in [7, 11) is 0. The molecule has 3 rings (SSSR count). The fourth-order valence-electron chi connectivity index (χ4n) is 4.11. The molecule has 0 aromatic carbocycles. The lowest BCUT2D eigenvalue weighted by molar-refractivity contribution is 0.602. The lowest BCUT2D eigenvalue weighted by Gasteiger charge is -2.14. The van der Waals surface area contributed by atoms with Gasteiger partial charge in [0, 0.05) is 59.2 Å². The molecular weight excluding hydrogens is 401 g/mol. The number of aromatic nitrogens is 1. The van der Waals surface area contributed by atoms with Crippen molar-refractivity contribution in [1.82, 2.24) is 15.2 Å². The SMILES string of the molecule is C=C/C=C(C)\C(C)=C(/C)NCCn1c2c(c3c1=CC(Cl)=CCC=3Cl)CCNCC2. The van der Waals surface area contributed by atoms with E-state index in [1.807, 2.05) is 18.2 Å². The van der Waals surface area contributed by atoms with Crippen molar-refractivity contribution in [3.63, 3.8) is 0 Å². The van der Waals surface area contributed by atoms with Crippen molar-refractivity contribution in [2.24, 2.45) is 0 Å². The maximum Gasteiger partial charge on any atom is 0.0512 e. The van der Waals surface area contributed by atoms with Crippen molar-refractivity contribution < 1.29 is 0 Å². The van der Waals surface area contributed by atoms with Crippen LogP contribution < -0.4 is 21.2 Å². The van der Waals surface area contributed by atoms with E-state index in [1.54, 1.807) is 0 Å². The first-order valence-corrected chi connectivity index (χ1v) is 11.1. The largest absolute Gasteiger partial charge is 0.387 e. The van der Waals surface area contributed by atoms with Crippen LogP contribution in [-0.4, -0.2) is 24.2 Å². The number of nitrogens with one attached hydrogen (secondary N) is 2. The first-order chi connectivity index (χ1) is 13.9. The summed E-state index contributed by atoms with van der Waals surface area (Å²) in [5.41, 5.74) is 6.46. The zero-order chi connectivity index (χ0) is 21.0. The van der Waals surface area contributed by atoms with E-state index in [2.05, 4.69) is 48.6 Å². The average Bonchev–Trinajstić information content (AvgIpc) is 2.85. The molecule has 0 amide bonds. The van der Waals surface area contributed by atoms with Gasteiger partial charge in [0.05, 0.1) is 5.35 Å². The Morgan fingerprint density at radius 3 is 2.76 bits per heavy atom. The minimum absolute atomic E-state index is 0.696. The molecule has 1 aromatic rings. The molecule has 0 unspecified atom stereocenters. The van der Waals surface area contributed by atoms with Crippen LogP contribution >= 0.6 is 23.2 Å². The van der Waals surface area contributed by atoms with Gasteiger partial charge in [0.15, 0.2) is 0 Å². The maximum absolute atomic E-state index is 6.73. The highest BCUT2D eigenvalue weighted by Gasteiger charge is 2.19. The van der Waals surface area contributed by atoms with Gasteiger partial charge < -0.3 is 15.2 Å². The summed E-state index contributed by atoms with van der Waals surface area (Å²) >= 11 is 13.2. The fourth-order valence-corrected chi connectivity index (χ4v) is 4.58. The monoisotopic (exact) mass is 431 g/mol. The Morgan fingerprint density at radius 1 is 1.24 bits per heavy atom. The summed E-state index contributed by atoms with van der Waals surface area (Å²) in [6, 6.07) is 0. The molecule has 3 nitrogen and oxygen atoms in total. The van der Waals surface area contributed by atoms with Crippen LogP contribution in [0.4, 0.5) is 0 Å². The first kappa shape index (κ1) is 22.0. The van der Waals surface area contributed by atoms with Gasteiger partial charge in [0.2, 0.25) is 0 Å². The van der Waals surface area contributed by atoms with Gasteiger partial charge >= 0.3 is 0 Å². The molecule has 0 radical (unpaired) electrons. The van der Waals surface area contributed by atoms with E-state index < -0.39 is 0 Å². The van der Waals surface area contributed by atoms with E-state index in [9.17, 15) is 0 Å². The smallest absolute Gasteiger partial charge is 0.0512 e. The molecule has 29 heavy (non-hydrogen) atoms. The van der Waals surface area contributed by atoms with Crippen LogP contribution in [-0.2, 0) is 19.4 Å². The van der Waals surface area contributed by atoms with Gasteiger partial charge in [-0.25, -0.2) is 0 Å². The van der Waals surface area contributed by atoms with Gasteiger partial charge in [0.1, 0.15) is 0 Å². The molecule has 1 aliphatic carbocycles. The standard InChI is InChI=1S/C24H31Cl2N3/c1-5-6-16(2)17(3)18(4)28-13-14-29-22-10-12-27-11-9-20(22)24-21(26)8-7-19(25)15-23(24)29/h5-7,15,27-28H,1,8-14H2,2-4H3/b16-6-,18-17+. The number of allylic oxidation sites excluding steroid dienone is 7. The van der Waals surface area contributed by atoms with Crippen LogP contribution in [0.25, 0.3) is 11.1 Å². The molecule has 0 saturated carbocycles. The summed E-state index contributed by atoms with van der Waals surface area (Å²) in [4.78, 5) is 0. The van der Waals surface area contributed by atoms with Crippen LogP contribution in [0.2, 0.25) is 0 Å². The van der Waals surface area contributed by atoms with Crippen LogP contribution in [0, 0.1) is 0 Å². The molecular formula is C24H31Cl2N3. The summed E-state index contributed by atoms with van der Waals surface area (Å²) < 4.78 is 2.42. The van der Waals surface area contributed by atoms with Gasteiger partial charge in [-0.15, -0.1) is 0 Å². The average molecular weight is 432 g/mol. The van der Waals surface area contributed by atoms with Gasteiger partial charge in [-0.2, -0.15) is 0 Å². The molecule has 0 spiro atoms. The maximum atomic E-state index is 6.73. The van der Waals surface area contributed by atoms with Gasteiger partial charge in [-0.05, 0) is 56.5 Å². The Labute approximate surface area is 184 Å². The molecule has 2 aliphatic rings. The number of nitrogens with zero attached hydrogens (tertiary/aromatic N) is 1. The van der Waals surface area contributed by atoms with Gasteiger partial charge in [-0.3, -0.25) is 0 Å². The molecule has 2 N–H and O–H groups in total. The Balaban J connectivity index is 1.96. The summed E-state index contributed by atoms with van der Waals surface area (Å²) in [5, 5.41) is 11.1. The Morgan fingerprint density at radius 2 is 2.00 bits per heavy atom. The third kappa shape index (κ3) is 4.91. The molecule has 0 atom stereocenters. The predicted molar refractivity (Wildman–Crippen MR) is 127 cm³/mol. The highest BCUT2D eigenvalue weighted by molar-refractivity contribution is 6.45. The summed E-state index contributed by atoms with van der Waals surface area (Å²) in [6.07, 6.45) is 10.7. The van der Waals surface area contributed by atoms with Gasteiger partial charge in [-0.1, -0.05) is 48.0 Å². The van der Waals surface area contributed by atoms with E-state index in [0.717, 1.165) is 54.4 Å². The minimum atomic E-state index is 0.696. The number of hydrogen-bond donors (Lipinski definition) is 2. The highest BCUT2D eigenvalue weighted by Crippen LogP contribution is 2.18. The van der Waals surface area contributed by atoms with E-state index in [1.165, 1.54) is 33.3 Å². The molecule has 1 aromatic heterocycles. The third-order valence-corrected chi connectivity index (χ3v) is 6.49. The highest BCUT2D eigenvalue weighted by atomic mass is 35.5. The number of rotatable bonds is 6. The Kier molecular flexibility index (Phi) is 7.50. The zero-order valence-electron chi connectivity index (χ0n) is 17.7. The van der Waals surface area contributed by atoms with E-state index in [0.29, 0.717) is 6.42 Å². The summed E-state index contributed by atoms with van der Waals surface area (Å²) in [6.45, 7) is 13.9. The van der Waals surface area contributed by atoms with Crippen LogP contribution in [0.15, 0.2) is 46.7 Å². The van der Waals surface area contributed by atoms with Gasteiger partial charge in [0.25, 0.3) is 0 Å². The summed E-state index contributed by atoms with van der Waals surface area (Å²) in [5.74, 6) is 0. The third-order valence-electron chi connectivity index (χ3n) is 5.88. The topological polar surface area (TPSA) is 29.0 Å². The first-order valence-electron chi connectivity index (χ1n) is 10.3. The molecule has 1 aliphatic heterocycles. The van der Waals surface area contributed by atoms with Crippen molar-refractivity contribution in [3.8, 4) is 0 Å². The minimum Gasteiger partial charge on any atom is -0.387 e. The second kappa shape index (κ2) is 9.88. The van der Waals surface area contributed by atoms with Crippen LogP contribution in [0.5, 0.6) is 0 Å². The van der Waals surface area contributed by atoms with E-state index >= 15 is 0 Å². The zero-order valence-corrected chi connectivity index (χ0v) is 19.2. The number of halogens is 2. The second-order valence-electron chi connectivity index (χ2n) is 7.69. The lowest BCUT2D eigenvalue weighted by atomic mass is 10.1. The van der Waals surface area contributed by atoms with Crippen molar-refractivity contribution in [2.45, 2.75) is 46.6 Å².